The van der Waals surface area contributed by atoms with Gasteiger partial charge in [0.2, 0.25) is 0 Å². The maximum absolute atomic E-state index is 6.28. The second-order valence-corrected chi connectivity index (χ2v) is 6.23. The lowest BCUT2D eigenvalue weighted by Gasteiger charge is -2.36. The maximum Gasteiger partial charge on any atom is 0.188 e. The van der Waals surface area contributed by atoms with Crippen molar-refractivity contribution in [2.75, 3.05) is 50.7 Å². The van der Waals surface area contributed by atoms with Crippen molar-refractivity contribution in [2.45, 2.75) is 19.8 Å². The summed E-state index contributed by atoms with van der Waals surface area (Å²) in [6.45, 7) is 9.06. The van der Waals surface area contributed by atoms with Gasteiger partial charge in [-0.25, -0.2) is 0 Å². The van der Waals surface area contributed by atoms with Gasteiger partial charge in [-0.1, -0.05) is 30.7 Å². The summed E-state index contributed by atoms with van der Waals surface area (Å²) in [4.78, 5) is 9.09. The molecule has 5 nitrogen and oxygen atoms in total. The van der Waals surface area contributed by atoms with Gasteiger partial charge >= 0.3 is 0 Å². The number of hydrogen-bond donors (Lipinski definition) is 2. The van der Waals surface area contributed by atoms with Crippen LogP contribution >= 0.6 is 35.6 Å². The minimum absolute atomic E-state index is 0. The molecule has 1 fully saturated rings. The van der Waals surface area contributed by atoms with Gasteiger partial charge in [0, 0.05) is 39.3 Å². The Morgan fingerprint density at radius 2 is 1.96 bits per heavy atom. The second kappa shape index (κ2) is 11.8. The van der Waals surface area contributed by atoms with E-state index in [4.69, 9.17) is 17.3 Å². The van der Waals surface area contributed by atoms with Gasteiger partial charge in [-0.3, -0.25) is 9.89 Å². The molecule has 1 aliphatic heterocycles. The van der Waals surface area contributed by atoms with E-state index in [1.165, 1.54) is 0 Å². The van der Waals surface area contributed by atoms with Gasteiger partial charge in [-0.15, -0.1) is 24.0 Å². The Morgan fingerprint density at radius 1 is 1.25 bits per heavy atom. The molecular formula is C17H29ClIN5. The normalized spacial score (nSPS) is 15.9. The van der Waals surface area contributed by atoms with Gasteiger partial charge in [0.05, 0.1) is 10.7 Å². The molecule has 0 saturated carbocycles. The van der Waals surface area contributed by atoms with Crippen molar-refractivity contribution in [3.63, 3.8) is 0 Å². The van der Waals surface area contributed by atoms with E-state index in [0.717, 1.165) is 69.4 Å². The predicted octanol–water partition coefficient (Wildman–Crippen LogP) is 2.78. The van der Waals surface area contributed by atoms with Gasteiger partial charge in [-0.05, 0) is 31.5 Å². The van der Waals surface area contributed by atoms with Crippen LogP contribution in [0.1, 0.15) is 19.8 Å². The van der Waals surface area contributed by atoms with Crippen molar-refractivity contribution < 1.29 is 0 Å². The first-order chi connectivity index (χ1) is 11.2. The van der Waals surface area contributed by atoms with Crippen LogP contribution in [0.15, 0.2) is 29.3 Å². The number of nitrogens with zero attached hydrogens (tertiary/aromatic N) is 3. The first kappa shape index (κ1) is 21.3. The number of nitrogens with two attached hydrogens (primary N) is 1. The summed E-state index contributed by atoms with van der Waals surface area (Å²) in [5.41, 5.74) is 6.93. The molecule has 1 aliphatic rings. The number of piperazine rings is 1. The fourth-order valence-electron chi connectivity index (χ4n) is 2.73. The molecule has 1 aromatic carbocycles. The minimum atomic E-state index is 0. The Balaban J connectivity index is 0.00000288. The minimum Gasteiger partial charge on any atom is -0.370 e. The largest absolute Gasteiger partial charge is 0.370 e. The summed E-state index contributed by atoms with van der Waals surface area (Å²) in [5, 5.41) is 4.01. The molecule has 24 heavy (non-hydrogen) atoms. The molecule has 0 bridgehead atoms. The fraction of sp³-hybridized carbons (Fsp3) is 0.588. The number of anilines is 1. The van der Waals surface area contributed by atoms with Crippen molar-refractivity contribution in [1.82, 2.24) is 10.2 Å². The number of hydrogen-bond acceptors (Lipinski definition) is 3. The molecule has 0 atom stereocenters. The lowest BCUT2D eigenvalue weighted by molar-refractivity contribution is 0.255. The van der Waals surface area contributed by atoms with Crippen molar-refractivity contribution in [2.24, 2.45) is 10.7 Å². The van der Waals surface area contributed by atoms with Crippen LogP contribution in [0.5, 0.6) is 0 Å². The number of para-hydroxylation sites is 1. The highest BCUT2D eigenvalue weighted by molar-refractivity contribution is 14.0. The summed E-state index contributed by atoms with van der Waals surface area (Å²) in [6.07, 6.45) is 2.10. The summed E-state index contributed by atoms with van der Waals surface area (Å²) in [7, 11) is 0. The predicted molar refractivity (Wildman–Crippen MR) is 115 cm³/mol. The highest BCUT2D eigenvalue weighted by atomic mass is 127. The number of rotatable bonds is 7. The zero-order chi connectivity index (χ0) is 16.5. The average Bonchev–Trinajstić information content (AvgIpc) is 2.58. The van der Waals surface area contributed by atoms with E-state index in [1.54, 1.807) is 0 Å². The summed E-state index contributed by atoms with van der Waals surface area (Å²) in [6, 6.07) is 8.08. The van der Waals surface area contributed by atoms with E-state index in [0.29, 0.717) is 5.96 Å². The number of benzene rings is 1. The van der Waals surface area contributed by atoms with Gasteiger partial charge in [-0.2, -0.15) is 0 Å². The molecule has 1 saturated heterocycles. The molecule has 3 N–H and O–H groups in total. The van der Waals surface area contributed by atoms with Crippen LogP contribution in [0.4, 0.5) is 5.69 Å². The summed E-state index contributed by atoms with van der Waals surface area (Å²) >= 11 is 6.28. The topological polar surface area (TPSA) is 56.9 Å². The SMILES string of the molecule is CCCN=C(N)NCCCN1CCN(c2ccccc2Cl)CC1.I. The molecule has 0 aromatic heterocycles. The van der Waals surface area contributed by atoms with Crippen LogP contribution in [0.2, 0.25) is 5.02 Å². The zero-order valence-electron chi connectivity index (χ0n) is 14.4. The first-order valence-electron chi connectivity index (χ1n) is 8.46. The average molecular weight is 466 g/mol. The van der Waals surface area contributed by atoms with E-state index in [9.17, 15) is 0 Å². The number of aliphatic imine (C=N–C) groups is 1. The highest BCUT2D eigenvalue weighted by Gasteiger charge is 2.18. The second-order valence-electron chi connectivity index (χ2n) is 5.83. The smallest absolute Gasteiger partial charge is 0.188 e. The number of halogens is 2. The van der Waals surface area contributed by atoms with Crippen molar-refractivity contribution in [3.05, 3.63) is 29.3 Å². The summed E-state index contributed by atoms with van der Waals surface area (Å²) in [5.74, 6) is 0.565. The van der Waals surface area contributed by atoms with Gasteiger partial charge < -0.3 is 16.0 Å². The Labute approximate surface area is 167 Å². The first-order valence-corrected chi connectivity index (χ1v) is 8.84. The van der Waals surface area contributed by atoms with Crippen molar-refractivity contribution in [1.29, 1.82) is 0 Å². The Bertz CT molecular complexity index is 504. The number of nitrogens with one attached hydrogen (secondary N) is 1. The molecule has 1 aromatic rings. The van der Waals surface area contributed by atoms with Crippen LogP contribution in [-0.2, 0) is 0 Å². The Morgan fingerprint density at radius 3 is 2.62 bits per heavy atom. The Hall–Kier alpha value is -0.730. The van der Waals surface area contributed by atoms with E-state index >= 15 is 0 Å². The third-order valence-electron chi connectivity index (χ3n) is 4.03. The van der Waals surface area contributed by atoms with Crippen LogP contribution in [0.25, 0.3) is 0 Å². The fourth-order valence-corrected chi connectivity index (χ4v) is 2.98. The van der Waals surface area contributed by atoms with E-state index in [1.807, 2.05) is 18.2 Å². The lowest BCUT2D eigenvalue weighted by atomic mass is 10.2. The zero-order valence-corrected chi connectivity index (χ0v) is 17.5. The molecule has 0 radical (unpaired) electrons. The third-order valence-corrected chi connectivity index (χ3v) is 4.35. The Kier molecular flexibility index (Phi) is 10.4. The van der Waals surface area contributed by atoms with Crippen molar-refractivity contribution >= 4 is 47.2 Å². The third kappa shape index (κ3) is 7.03. The van der Waals surface area contributed by atoms with Gasteiger partial charge in [0.15, 0.2) is 5.96 Å². The highest BCUT2D eigenvalue weighted by Crippen LogP contribution is 2.25. The lowest BCUT2D eigenvalue weighted by Crippen LogP contribution is -2.47. The van der Waals surface area contributed by atoms with E-state index < -0.39 is 0 Å². The molecule has 1 heterocycles. The van der Waals surface area contributed by atoms with Gasteiger partial charge in [0.25, 0.3) is 0 Å². The standard InChI is InChI=1S/C17H28ClN5.HI/c1-2-8-20-17(19)21-9-5-10-22-11-13-23(14-12-22)16-7-4-3-6-15(16)18;/h3-4,6-7H,2,5,8-14H2,1H3,(H3,19,20,21);1H. The van der Waals surface area contributed by atoms with E-state index in [2.05, 4.69) is 33.1 Å². The summed E-state index contributed by atoms with van der Waals surface area (Å²) < 4.78 is 0. The van der Waals surface area contributed by atoms with Crippen molar-refractivity contribution in [3.8, 4) is 0 Å². The molecule has 0 unspecified atom stereocenters. The van der Waals surface area contributed by atoms with Crippen LogP contribution in [-0.4, -0.2) is 56.7 Å². The van der Waals surface area contributed by atoms with E-state index in [-0.39, 0.29) is 24.0 Å². The van der Waals surface area contributed by atoms with Crippen LogP contribution in [0, 0.1) is 0 Å². The quantitative estimate of drug-likeness (QED) is 0.281. The monoisotopic (exact) mass is 465 g/mol. The van der Waals surface area contributed by atoms with Crippen LogP contribution < -0.4 is 16.0 Å². The maximum atomic E-state index is 6.28. The number of guanidine groups is 1. The van der Waals surface area contributed by atoms with Crippen LogP contribution in [0.3, 0.4) is 0 Å². The molecule has 0 spiro atoms. The molecule has 136 valence electrons. The molecule has 7 heteroatoms. The molecule has 0 amide bonds. The van der Waals surface area contributed by atoms with Gasteiger partial charge in [0.1, 0.15) is 0 Å². The molecule has 0 aliphatic carbocycles. The molecular weight excluding hydrogens is 437 g/mol. The molecule has 2 rings (SSSR count).